The maximum absolute atomic E-state index is 12.5. The topological polar surface area (TPSA) is 112 Å². The Labute approximate surface area is 161 Å². The summed E-state index contributed by atoms with van der Waals surface area (Å²) in [6, 6.07) is 11.4. The van der Waals surface area contributed by atoms with Crippen LogP contribution in [0.2, 0.25) is 0 Å². The Hall–Kier alpha value is -3.75. The van der Waals surface area contributed by atoms with Crippen molar-refractivity contribution < 1.29 is 14.5 Å². The van der Waals surface area contributed by atoms with Gasteiger partial charge in [-0.05, 0) is 43.7 Å². The van der Waals surface area contributed by atoms with Crippen molar-refractivity contribution in [3.63, 3.8) is 0 Å². The van der Waals surface area contributed by atoms with Gasteiger partial charge in [-0.3, -0.25) is 14.9 Å². The number of aromatic nitrogens is 3. The SMILES string of the molecule is CCOc1ccc(C(=O)NC(C)c2ccc(-n3cncn3)cc2)cc1[N+](=O)[O-]. The summed E-state index contributed by atoms with van der Waals surface area (Å²) in [7, 11) is 0. The molecule has 1 N–H and O–H groups in total. The minimum Gasteiger partial charge on any atom is -0.487 e. The zero-order valence-electron chi connectivity index (χ0n) is 15.4. The van der Waals surface area contributed by atoms with Gasteiger partial charge in [0, 0.05) is 11.6 Å². The molecule has 0 saturated heterocycles. The van der Waals surface area contributed by atoms with Gasteiger partial charge in [0.2, 0.25) is 0 Å². The zero-order chi connectivity index (χ0) is 20.1. The highest BCUT2D eigenvalue weighted by atomic mass is 16.6. The molecule has 0 aliphatic rings. The first-order valence-electron chi connectivity index (χ1n) is 8.66. The van der Waals surface area contributed by atoms with E-state index in [0.717, 1.165) is 11.3 Å². The van der Waals surface area contributed by atoms with E-state index in [1.807, 2.05) is 31.2 Å². The quantitative estimate of drug-likeness (QED) is 0.497. The summed E-state index contributed by atoms with van der Waals surface area (Å²) < 4.78 is 6.87. The van der Waals surface area contributed by atoms with E-state index in [1.54, 1.807) is 17.9 Å². The lowest BCUT2D eigenvalue weighted by molar-refractivity contribution is -0.385. The lowest BCUT2D eigenvalue weighted by Gasteiger charge is -2.15. The monoisotopic (exact) mass is 381 g/mol. The number of nitrogens with one attached hydrogen (secondary N) is 1. The molecule has 0 fully saturated rings. The summed E-state index contributed by atoms with van der Waals surface area (Å²) >= 11 is 0. The molecule has 1 heterocycles. The van der Waals surface area contributed by atoms with Gasteiger partial charge in [-0.15, -0.1) is 0 Å². The molecule has 0 radical (unpaired) electrons. The van der Waals surface area contributed by atoms with Crippen LogP contribution in [-0.2, 0) is 0 Å². The van der Waals surface area contributed by atoms with Gasteiger partial charge >= 0.3 is 5.69 Å². The fourth-order valence-electron chi connectivity index (χ4n) is 2.70. The summed E-state index contributed by atoms with van der Waals surface area (Å²) in [5, 5.41) is 18.1. The minimum atomic E-state index is -0.561. The molecule has 144 valence electrons. The van der Waals surface area contributed by atoms with Gasteiger partial charge in [0.05, 0.1) is 23.3 Å². The normalized spacial score (nSPS) is 11.6. The van der Waals surface area contributed by atoms with E-state index in [1.165, 1.54) is 24.5 Å². The van der Waals surface area contributed by atoms with E-state index in [0.29, 0.717) is 6.61 Å². The third kappa shape index (κ3) is 4.14. The number of carbonyl (C=O) groups excluding carboxylic acids is 1. The molecule has 2 aromatic carbocycles. The van der Waals surface area contributed by atoms with Gasteiger partial charge in [0.25, 0.3) is 5.91 Å². The third-order valence-electron chi connectivity index (χ3n) is 4.14. The number of nitrogens with zero attached hydrogens (tertiary/aromatic N) is 4. The summed E-state index contributed by atoms with van der Waals surface area (Å²) in [6.07, 6.45) is 3.05. The molecule has 0 aliphatic carbocycles. The average Bonchev–Trinajstić information content (AvgIpc) is 3.23. The van der Waals surface area contributed by atoms with Crippen LogP contribution in [0.5, 0.6) is 5.75 Å². The number of nitro benzene ring substituents is 1. The molecule has 3 aromatic rings. The van der Waals surface area contributed by atoms with E-state index in [4.69, 9.17) is 4.74 Å². The van der Waals surface area contributed by atoms with Gasteiger partial charge in [0.15, 0.2) is 5.75 Å². The standard InChI is InChI=1S/C19H19N5O4/c1-3-28-18-9-6-15(10-17(18)24(26)27)19(25)22-13(2)14-4-7-16(8-5-14)23-12-20-11-21-23/h4-13H,3H2,1-2H3,(H,22,25). The van der Waals surface area contributed by atoms with Gasteiger partial charge < -0.3 is 10.1 Å². The molecule has 3 rings (SSSR count). The van der Waals surface area contributed by atoms with Crippen LogP contribution in [0.25, 0.3) is 5.69 Å². The summed E-state index contributed by atoms with van der Waals surface area (Å²) in [5.41, 5.74) is 1.69. The molecule has 1 aromatic heterocycles. The Balaban J connectivity index is 1.73. The number of hydrogen-bond acceptors (Lipinski definition) is 6. The molecule has 9 nitrogen and oxygen atoms in total. The van der Waals surface area contributed by atoms with Gasteiger partial charge in [-0.25, -0.2) is 9.67 Å². The van der Waals surface area contributed by atoms with Crippen LogP contribution in [0.1, 0.15) is 35.8 Å². The Morgan fingerprint density at radius 2 is 2.04 bits per heavy atom. The predicted molar refractivity (Wildman–Crippen MR) is 102 cm³/mol. The molecule has 1 atom stereocenters. The van der Waals surface area contributed by atoms with Crippen molar-refractivity contribution in [2.45, 2.75) is 19.9 Å². The average molecular weight is 381 g/mol. The number of nitro groups is 1. The molecule has 0 saturated carbocycles. The minimum absolute atomic E-state index is 0.140. The van der Waals surface area contributed by atoms with Gasteiger partial charge in [0.1, 0.15) is 12.7 Å². The second kappa shape index (κ2) is 8.30. The van der Waals surface area contributed by atoms with Crippen molar-refractivity contribution in [1.82, 2.24) is 20.1 Å². The molecule has 0 spiro atoms. The van der Waals surface area contributed by atoms with Crippen molar-refractivity contribution in [3.8, 4) is 11.4 Å². The van der Waals surface area contributed by atoms with Crippen molar-refractivity contribution in [3.05, 3.63) is 76.4 Å². The molecule has 28 heavy (non-hydrogen) atoms. The number of hydrogen-bond donors (Lipinski definition) is 1. The fraction of sp³-hybridized carbons (Fsp3) is 0.211. The lowest BCUT2D eigenvalue weighted by atomic mass is 10.1. The predicted octanol–water partition coefficient (Wildman–Crippen LogP) is 3.07. The Bertz CT molecular complexity index is 970. The first-order chi connectivity index (χ1) is 13.5. The maximum Gasteiger partial charge on any atom is 0.311 e. The van der Waals surface area contributed by atoms with E-state index in [9.17, 15) is 14.9 Å². The van der Waals surface area contributed by atoms with Crippen LogP contribution >= 0.6 is 0 Å². The third-order valence-corrected chi connectivity index (χ3v) is 4.14. The number of ether oxygens (including phenoxy) is 1. The fourth-order valence-corrected chi connectivity index (χ4v) is 2.70. The smallest absolute Gasteiger partial charge is 0.311 e. The number of amides is 1. The molecule has 9 heteroatoms. The summed E-state index contributed by atoms with van der Waals surface area (Å²) in [6.45, 7) is 3.87. The van der Waals surface area contributed by atoms with Gasteiger partial charge in [-0.1, -0.05) is 12.1 Å². The Morgan fingerprint density at radius 3 is 2.64 bits per heavy atom. The van der Waals surface area contributed by atoms with Gasteiger partial charge in [-0.2, -0.15) is 5.10 Å². The highest BCUT2D eigenvalue weighted by molar-refractivity contribution is 5.95. The van der Waals surface area contributed by atoms with E-state index >= 15 is 0 Å². The first kappa shape index (κ1) is 19.0. The van der Waals surface area contributed by atoms with Crippen LogP contribution < -0.4 is 10.1 Å². The second-order valence-corrected chi connectivity index (χ2v) is 6.00. The molecular weight excluding hydrogens is 362 g/mol. The summed E-state index contributed by atoms with van der Waals surface area (Å²) in [4.78, 5) is 27.1. The van der Waals surface area contributed by atoms with E-state index in [2.05, 4.69) is 15.4 Å². The van der Waals surface area contributed by atoms with E-state index in [-0.39, 0.29) is 23.0 Å². The largest absolute Gasteiger partial charge is 0.487 e. The van der Waals surface area contributed by atoms with Crippen LogP contribution in [0.3, 0.4) is 0 Å². The zero-order valence-corrected chi connectivity index (χ0v) is 15.4. The van der Waals surface area contributed by atoms with Crippen molar-refractivity contribution in [2.75, 3.05) is 6.61 Å². The molecule has 0 aliphatic heterocycles. The van der Waals surface area contributed by atoms with E-state index < -0.39 is 10.8 Å². The first-order valence-corrected chi connectivity index (χ1v) is 8.66. The summed E-state index contributed by atoms with van der Waals surface area (Å²) in [5.74, 6) is -0.264. The Morgan fingerprint density at radius 1 is 1.29 bits per heavy atom. The second-order valence-electron chi connectivity index (χ2n) is 6.00. The molecule has 1 unspecified atom stereocenters. The highest BCUT2D eigenvalue weighted by Crippen LogP contribution is 2.28. The molecular formula is C19H19N5O4. The highest BCUT2D eigenvalue weighted by Gasteiger charge is 2.19. The number of benzene rings is 2. The van der Waals surface area contributed by atoms with Crippen molar-refractivity contribution in [1.29, 1.82) is 0 Å². The van der Waals surface area contributed by atoms with Crippen molar-refractivity contribution >= 4 is 11.6 Å². The van der Waals surface area contributed by atoms with Crippen molar-refractivity contribution in [2.24, 2.45) is 0 Å². The Kier molecular flexibility index (Phi) is 5.64. The van der Waals surface area contributed by atoms with Crippen LogP contribution in [0.4, 0.5) is 5.69 Å². The number of rotatable bonds is 7. The van der Waals surface area contributed by atoms with Crippen LogP contribution in [0.15, 0.2) is 55.1 Å². The number of carbonyl (C=O) groups is 1. The van der Waals surface area contributed by atoms with Crippen LogP contribution in [0, 0.1) is 10.1 Å². The van der Waals surface area contributed by atoms with Crippen LogP contribution in [-0.4, -0.2) is 32.2 Å². The molecule has 0 bridgehead atoms. The molecule has 1 amide bonds. The maximum atomic E-state index is 12.5. The lowest BCUT2D eigenvalue weighted by Crippen LogP contribution is -2.26.